The van der Waals surface area contributed by atoms with Crippen LogP contribution in [0.2, 0.25) is 0 Å². The van der Waals surface area contributed by atoms with Crippen LogP contribution in [-0.2, 0) is 4.79 Å². The number of tetrazole rings is 1. The first-order valence-corrected chi connectivity index (χ1v) is 4.99. The Kier molecular flexibility index (Phi) is 2.91. The van der Waals surface area contributed by atoms with Gasteiger partial charge in [0.15, 0.2) is 0 Å². The Morgan fingerprint density at radius 1 is 1.53 bits per heavy atom. The lowest BCUT2D eigenvalue weighted by Crippen LogP contribution is -2.36. The molecule has 2 N–H and O–H groups in total. The number of aromatic nitrogens is 4. The molecule has 1 aliphatic rings. The van der Waals surface area contributed by atoms with Crippen LogP contribution in [0, 0.1) is 5.92 Å². The van der Waals surface area contributed by atoms with Crippen LogP contribution in [0.3, 0.4) is 0 Å². The first-order valence-electron chi connectivity index (χ1n) is 4.99. The Morgan fingerprint density at radius 2 is 2.27 bits per heavy atom. The first kappa shape index (κ1) is 10.0. The molecule has 7 nitrogen and oxygen atoms in total. The number of nitrogens with zero attached hydrogens (tertiary/aromatic N) is 4. The maximum absolute atomic E-state index is 11.7. The number of likely N-dealkylation sites (tertiary alicyclic amines) is 1. The molecule has 0 aromatic carbocycles. The molecule has 1 aliphatic heterocycles. The molecule has 0 radical (unpaired) electrons. The lowest BCUT2D eigenvalue weighted by Gasteiger charge is -2.27. The van der Waals surface area contributed by atoms with Crippen molar-refractivity contribution in [1.82, 2.24) is 25.5 Å². The van der Waals surface area contributed by atoms with E-state index in [1.54, 1.807) is 0 Å². The predicted molar refractivity (Wildman–Crippen MR) is 53.0 cm³/mol. The fourth-order valence-corrected chi connectivity index (χ4v) is 1.70. The fourth-order valence-electron chi connectivity index (χ4n) is 1.70. The molecule has 2 heterocycles. The van der Waals surface area contributed by atoms with Crippen molar-refractivity contribution < 1.29 is 4.79 Å². The molecule has 1 aromatic rings. The highest BCUT2D eigenvalue weighted by Gasteiger charge is 2.23. The van der Waals surface area contributed by atoms with Gasteiger partial charge in [-0.2, -0.15) is 0 Å². The number of anilines is 1. The maximum atomic E-state index is 11.7. The second kappa shape index (κ2) is 4.35. The number of piperidine rings is 1. The average Bonchev–Trinajstić information content (AvgIpc) is 2.71. The highest BCUT2D eigenvalue weighted by Crippen LogP contribution is 2.16. The third-order valence-electron chi connectivity index (χ3n) is 2.68. The van der Waals surface area contributed by atoms with Crippen molar-refractivity contribution in [3.05, 3.63) is 0 Å². The van der Waals surface area contributed by atoms with Crippen molar-refractivity contribution in [2.45, 2.75) is 12.8 Å². The monoisotopic (exact) mass is 210 g/mol. The van der Waals surface area contributed by atoms with Gasteiger partial charge in [-0.25, -0.2) is 5.10 Å². The zero-order valence-corrected chi connectivity index (χ0v) is 8.60. The number of hydrogen-bond acceptors (Lipinski definition) is 5. The summed E-state index contributed by atoms with van der Waals surface area (Å²) in [4.78, 5) is 13.9. The number of hydrogen-bond donors (Lipinski definition) is 2. The molecule has 0 spiro atoms. The molecule has 7 heteroatoms. The lowest BCUT2D eigenvalue weighted by atomic mass is 9.96. The van der Waals surface area contributed by atoms with E-state index < -0.39 is 0 Å². The van der Waals surface area contributed by atoms with Gasteiger partial charge in [0.2, 0.25) is 11.9 Å². The van der Waals surface area contributed by atoms with Crippen LogP contribution < -0.4 is 5.32 Å². The Morgan fingerprint density at radius 3 is 2.87 bits per heavy atom. The van der Waals surface area contributed by atoms with Crippen molar-refractivity contribution in [2.75, 3.05) is 25.5 Å². The molecule has 2 rings (SSSR count). The quantitative estimate of drug-likeness (QED) is 0.686. The summed E-state index contributed by atoms with van der Waals surface area (Å²) in [5.41, 5.74) is 0. The van der Waals surface area contributed by atoms with E-state index in [0.717, 1.165) is 25.9 Å². The summed E-state index contributed by atoms with van der Waals surface area (Å²) in [6.07, 6.45) is 1.79. The number of nitrogens with one attached hydrogen (secondary N) is 2. The molecule has 0 aliphatic carbocycles. The molecular formula is C8H14N6O. The van der Waals surface area contributed by atoms with E-state index in [1.165, 1.54) is 0 Å². The molecule has 1 aromatic heterocycles. The predicted octanol–water partition coefficient (Wildman–Crippen LogP) is -0.520. The maximum Gasteiger partial charge on any atom is 0.246 e. The summed E-state index contributed by atoms with van der Waals surface area (Å²) >= 11 is 0. The standard InChI is InChI=1S/C8H14N6O/c1-14-4-2-6(3-5-14)7(15)9-8-10-12-13-11-8/h6H,2-5H2,1H3,(H2,9,10,11,12,13,15). The number of carbonyl (C=O) groups excluding carboxylic acids is 1. The van der Waals surface area contributed by atoms with Gasteiger partial charge < -0.3 is 4.90 Å². The summed E-state index contributed by atoms with van der Waals surface area (Å²) in [5, 5.41) is 15.5. The van der Waals surface area contributed by atoms with Gasteiger partial charge in [-0.3, -0.25) is 10.1 Å². The van der Waals surface area contributed by atoms with Crippen LogP contribution in [0.25, 0.3) is 0 Å². The minimum atomic E-state index is 0.00153. The highest BCUT2D eigenvalue weighted by atomic mass is 16.2. The molecular weight excluding hydrogens is 196 g/mol. The van der Waals surface area contributed by atoms with E-state index in [1.807, 2.05) is 0 Å². The second-order valence-electron chi connectivity index (χ2n) is 3.82. The Balaban J connectivity index is 1.86. The van der Waals surface area contributed by atoms with E-state index in [4.69, 9.17) is 0 Å². The smallest absolute Gasteiger partial charge is 0.246 e. The SMILES string of the molecule is CN1CCC(C(=O)Nc2nnn[nH]2)CC1. The van der Waals surface area contributed by atoms with Crippen LogP contribution in [0.4, 0.5) is 5.95 Å². The van der Waals surface area contributed by atoms with Crippen molar-refractivity contribution in [3.8, 4) is 0 Å². The highest BCUT2D eigenvalue weighted by molar-refractivity contribution is 5.90. The van der Waals surface area contributed by atoms with Gasteiger partial charge in [-0.1, -0.05) is 5.10 Å². The minimum Gasteiger partial charge on any atom is -0.306 e. The summed E-state index contributed by atoms with van der Waals surface area (Å²) in [6, 6.07) is 0. The van der Waals surface area contributed by atoms with Crippen LogP contribution in [0.1, 0.15) is 12.8 Å². The first-order chi connectivity index (χ1) is 7.25. The van der Waals surface area contributed by atoms with E-state index in [0.29, 0.717) is 5.95 Å². The topological polar surface area (TPSA) is 86.8 Å². The van der Waals surface area contributed by atoms with Crippen molar-refractivity contribution >= 4 is 11.9 Å². The van der Waals surface area contributed by atoms with Gasteiger partial charge in [-0.15, -0.1) is 0 Å². The summed E-state index contributed by atoms with van der Waals surface area (Å²) in [5.74, 6) is 0.395. The Hall–Kier alpha value is -1.50. The molecule has 1 fully saturated rings. The largest absolute Gasteiger partial charge is 0.306 e. The number of aromatic amines is 1. The van der Waals surface area contributed by atoms with Crippen molar-refractivity contribution in [1.29, 1.82) is 0 Å². The lowest BCUT2D eigenvalue weighted by molar-refractivity contribution is -0.121. The molecule has 1 amide bonds. The zero-order chi connectivity index (χ0) is 10.7. The molecule has 0 bridgehead atoms. The van der Waals surface area contributed by atoms with E-state index in [9.17, 15) is 4.79 Å². The normalized spacial score (nSPS) is 19.0. The van der Waals surface area contributed by atoms with Crippen molar-refractivity contribution in [2.24, 2.45) is 5.92 Å². The molecule has 1 saturated heterocycles. The van der Waals surface area contributed by atoms with Crippen LogP contribution in [0.5, 0.6) is 0 Å². The van der Waals surface area contributed by atoms with Crippen LogP contribution in [0.15, 0.2) is 0 Å². The van der Waals surface area contributed by atoms with E-state index >= 15 is 0 Å². The third kappa shape index (κ3) is 2.50. The van der Waals surface area contributed by atoms with E-state index in [2.05, 4.69) is 37.9 Å². The van der Waals surface area contributed by atoms with Gasteiger partial charge in [-0.05, 0) is 43.4 Å². The Labute approximate surface area is 87.2 Å². The third-order valence-corrected chi connectivity index (χ3v) is 2.68. The van der Waals surface area contributed by atoms with Crippen LogP contribution in [-0.4, -0.2) is 51.6 Å². The molecule has 0 saturated carbocycles. The van der Waals surface area contributed by atoms with Crippen molar-refractivity contribution in [3.63, 3.8) is 0 Å². The Bertz CT molecular complexity index is 316. The van der Waals surface area contributed by atoms with Gasteiger partial charge in [0.25, 0.3) is 0 Å². The minimum absolute atomic E-state index is 0.00153. The number of carbonyl (C=O) groups is 1. The average molecular weight is 210 g/mol. The van der Waals surface area contributed by atoms with Gasteiger partial charge in [0.1, 0.15) is 0 Å². The second-order valence-corrected chi connectivity index (χ2v) is 3.82. The summed E-state index contributed by atoms with van der Waals surface area (Å²) in [6.45, 7) is 1.93. The number of H-pyrrole nitrogens is 1. The van der Waals surface area contributed by atoms with Gasteiger partial charge >= 0.3 is 0 Å². The van der Waals surface area contributed by atoms with E-state index in [-0.39, 0.29) is 11.8 Å². The van der Waals surface area contributed by atoms with Gasteiger partial charge in [0, 0.05) is 5.92 Å². The molecule has 0 unspecified atom stereocenters. The van der Waals surface area contributed by atoms with Gasteiger partial charge in [0.05, 0.1) is 0 Å². The molecule has 82 valence electrons. The fraction of sp³-hybridized carbons (Fsp3) is 0.750. The van der Waals surface area contributed by atoms with Crippen LogP contribution >= 0.6 is 0 Å². The molecule has 0 atom stereocenters. The number of amides is 1. The summed E-state index contributed by atoms with van der Waals surface area (Å²) in [7, 11) is 2.06. The number of rotatable bonds is 2. The zero-order valence-electron chi connectivity index (χ0n) is 8.60. The molecule has 15 heavy (non-hydrogen) atoms. The summed E-state index contributed by atoms with van der Waals surface area (Å²) < 4.78 is 0.